The Morgan fingerprint density at radius 1 is 1.48 bits per heavy atom. The van der Waals surface area contributed by atoms with Gasteiger partial charge in [-0.05, 0) is 17.4 Å². The zero-order valence-corrected chi connectivity index (χ0v) is 17.4. The minimum atomic E-state index is -0.725. The molecule has 1 aromatic heterocycles. The van der Waals surface area contributed by atoms with E-state index in [9.17, 15) is 14.9 Å². The van der Waals surface area contributed by atoms with E-state index in [1.165, 1.54) is 7.11 Å². The van der Waals surface area contributed by atoms with Crippen LogP contribution in [0.1, 0.15) is 62.6 Å². The third-order valence-corrected chi connectivity index (χ3v) is 5.11. The summed E-state index contributed by atoms with van der Waals surface area (Å²) in [4.78, 5) is 25.2. The van der Waals surface area contributed by atoms with E-state index in [-0.39, 0.29) is 34.3 Å². The predicted molar refractivity (Wildman–Crippen MR) is 104 cm³/mol. The maximum atomic E-state index is 13.1. The quantitative estimate of drug-likeness (QED) is 0.774. The summed E-state index contributed by atoms with van der Waals surface area (Å²) in [5.74, 6) is -0.694. The third kappa shape index (κ3) is 3.77. The number of nitriles is 1. The number of methoxy groups -OCH3 is 1. The molecule has 154 valence electrons. The highest BCUT2D eigenvalue weighted by molar-refractivity contribution is 6.00. The van der Waals surface area contributed by atoms with Crippen LogP contribution in [-0.4, -0.2) is 28.6 Å². The van der Waals surface area contributed by atoms with Crippen LogP contribution in [0.25, 0.3) is 0 Å². The second-order valence-electron chi connectivity index (χ2n) is 8.72. The van der Waals surface area contributed by atoms with Gasteiger partial charge in [0.1, 0.15) is 17.4 Å². The Morgan fingerprint density at radius 3 is 2.76 bits per heavy atom. The van der Waals surface area contributed by atoms with Gasteiger partial charge in [-0.2, -0.15) is 10.4 Å². The summed E-state index contributed by atoms with van der Waals surface area (Å²) in [6.45, 7) is 8.52. The Kier molecular flexibility index (Phi) is 5.26. The average molecular weight is 398 g/mol. The van der Waals surface area contributed by atoms with Gasteiger partial charge in [0, 0.05) is 25.0 Å². The molecule has 0 saturated carbocycles. The van der Waals surface area contributed by atoms with Gasteiger partial charge in [-0.15, -0.1) is 0 Å². The van der Waals surface area contributed by atoms with E-state index in [1.807, 2.05) is 27.7 Å². The number of rotatable bonds is 4. The Hall–Kier alpha value is -3.08. The molecule has 2 N–H and O–H groups in total. The van der Waals surface area contributed by atoms with Gasteiger partial charge in [-0.3, -0.25) is 9.48 Å². The molecule has 1 aliphatic heterocycles. The Labute approximate surface area is 169 Å². The van der Waals surface area contributed by atoms with Crippen LogP contribution >= 0.6 is 0 Å². The number of nitrogens with zero attached hydrogens (tertiary/aromatic N) is 3. The fourth-order valence-electron chi connectivity index (χ4n) is 3.94. The first kappa shape index (κ1) is 20.6. The van der Waals surface area contributed by atoms with Crippen LogP contribution in [0.4, 0.5) is 0 Å². The first-order valence-electron chi connectivity index (χ1n) is 9.58. The van der Waals surface area contributed by atoms with Crippen molar-refractivity contribution in [1.29, 1.82) is 5.26 Å². The molecule has 2 aliphatic rings. The van der Waals surface area contributed by atoms with Crippen LogP contribution in [-0.2, 0) is 20.8 Å². The number of esters is 1. The molecular formula is C21H26N4O4. The third-order valence-electron chi connectivity index (χ3n) is 5.11. The number of ketones is 1. The van der Waals surface area contributed by atoms with Gasteiger partial charge in [-0.25, -0.2) is 4.79 Å². The first-order chi connectivity index (χ1) is 13.6. The van der Waals surface area contributed by atoms with Crippen LogP contribution in [0.3, 0.4) is 0 Å². The monoisotopic (exact) mass is 398 g/mol. The van der Waals surface area contributed by atoms with Crippen molar-refractivity contribution < 1.29 is 19.1 Å². The van der Waals surface area contributed by atoms with Crippen molar-refractivity contribution in [3.63, 3.8) is 0 Å². The molecule has 0 spiro atoms. The highest BCUT2D eigenvalue weighted by Gasteiger charge is 2.44. The standard InChI is InChI=1S/C21H26N4O4/c1-11(2)10-25-14(6-13(24-25)20(27)28-5)17-12(9-22)19(23)29-16-8-21(3,4)7-15(26)18(16)17/h6,11,17H,7-8,10,23H2,1-5H3. The van der Waals surface area contributed by atoms with Gasteiger partial charge in [0.15, 0.2) is 11.5 Å². The maximum absolute atomic E-state index is 13.1. The van der Waals surface area contributed by atoms with Gasteiger partial charge in [-0.1, -0.05) is 27.7 Å². The minimum Gasteiger partial charge on any atom is -0.464 e. The summed E-state index contributed by atoms with van der Waals surface area (Å²) in [7, 11) is 1.28. The van der Waals surface area contributed by atoms with Gasteiger partial charge in [0.25, 0.3) is 0 Å². The van der Waals surface area contributed by atoms with Gasteiger partial charge in [0.05, 0.1) is 18.7 Å². The second-order valence-corrected chi connectivity index (χ2v) is 8.72. The topological polar surface area (TPSA) is 120 Å². The lowest BCUT2D eigenvalue weighted by Crippen LogP contribution is -2.34. The number of nitrogens with two attached hydrogens (primary N) is 1. The van der Waals surface area contributed by atoms with E-state index in [0.717, 1.165) is 0 Å². The van der Waals surface area contributed by atoms with Crippen molar-refractivity contribution in [3.8, 4) is 6.07 Å². The number of carbonyl (C=O) groups excluding carboxylic acids is 2. The first-order valence-corrected chi connectivity index (χ1v) is 9.58. The number of Topliss-reactive ketones (excluding diaryl/α,β-unsaturated/α-hetero) is 1. The molecule has 0 radical (unpaired) electrons. The molecular weight excluding hydrogens is 372 g/mol. The molecule has 1 atom stereocenters. The Morgan fingerprint density at radius 2 is 2.17 bits per heavy atom. The van der Waals surface area contributed by atoms with Crippen molar-refractivity contribution in [2.45, 2.75) is 53.0 Å². The molecule has 0 saturated heterocycles. The van der Waals surface area contributed by atoms with Gasteiger partial charge >= 0.3 is 5.97 Å². The molecule has 8 nitrogen and oxygen atoms in total. The molecule has 1 aliphatic carbocycles. The number of hydrogen-bond acceptors (Lipinski definition) is 7. The molecule has 3 rings (SSSR count). The number of carbonyl (C=O) groups is 2. The maximum Gasteiger partial charge on any atom is 0.358 e. The van der Waals surface area contributed by atoms with Crippen LogP contribution in [0.5, 0.6) is 0 Å². The molecule has 0 bridgehead atoms. The average Bonchev–Trinajstić information content (AvgIpc) is 3.01. The highest BCUT2D eigenvalue weighted by atomic mass is 16.5. The van der Waals surface area contributed by atoms with Crippen molar-refractivity contribution in [2.75, 3.05) is 7.11 Å². The van der Waals surface area contributed by atoms with Crippen LogP contribution in [0, 0.1) is 22.7 Å². The summed E-state index contributed by atoms with van der Waals surface area (Å²) in [5.41, 5.74) is 7.06. The molecule has 1 aromatic rings. The van der Waals surface area contributed by atoms with Crippen LogP contribution < -0.4 is 5.73 Å². The van der Waals surface area contributed by atoms with E-state index in [1.54, 1.807) is 10.7 Å². The lowest BCUT2D eigenvalue weighted by Gasteiger charge is -2.37. The van der Waals surface area contributed by atoms with E-state index in [2.05, 4.69) is 11.2 Å². The molecule has 0 amide bonds. The summed E-state index contributed by atoms with van der Waals surface area (Å²) in [5, 5.41) is 14.2. The summed E-state index contributed by atoms with van der Waals surface area (Å²) >= 11 is 0. The van der Waals surface area contributed by atoms with E-state index < -0.39 is 11.9 Å². The van der Waals surface area contributed by atoms with Crippen molar-refractivity contribution >= 4 is 11.8 Å². The molecule has 29 heavy (non-hydrogen) atoms. The zero-order valence-electron chi connectivity index (χ0n) is 17.4. The lowest BCUT2D eigenvalue weighted by molar-refractivity contribution is -0.119. The molecule has 2 heterocycles. The van der Waals surface area contributed by atoms with E-state index >= 15 is 0 Å². The number of ether oxygens (including phenoxy) is 2. The molecule has 8 heteroatoms. The summed E-state index contributed by atoms with van der Waals surface area (Å²) in [6.07, 6.45) is 0.874. The summed E-state index contributed by atoms with van der Waals surface area (Å²) in [6, 6.07) is 3.67. The molecule has 0 fully saturated rings. The van der Waals surface area contributed by atoms with Crippen LogP contribution in [0.15, 0.2) is 28.9 Å². The fourth-order valence-corrected chi connectivity index (χ4v) is 3.94. The summed E-state index contributed by atoms with van der Waals surface area (Å²) < 4.78 is 12.2. The van der Waals surface area contributed by atoms with Crippen molar-refractivity contribution in [3.05, 3.63) is 40.2 Å². The number of aromatic nitrogens is 2. The highest BCUT2D eigenvalue weighted by Crippen LogP contribution is 2.48. The van der Waals surface area contributed by atoms with E-state index in [0.29, 0.717) is 36.4 Å². The SMILES string of the molecule is COC(=O)c1cc(C2C(C#N)=C(N)OC3=C2C(=O)CC(C)(C)C3)n(CC(C)C)n1. The number of allylic oxidation sites excluding steroid dienone is 3. The Bertz CT molecular complexity index is 975. The normalized spacial score (nSPS) is 21.0. The Balaban J connectivity index is 2.23. The van der Waals surface area contributed by atoms with E-state index in [4.69, 9.17) is 15.2 Å². The zero-order chi connectivity index (χ0) is 21.5. The number of hydrogen-bond donors (Lipinski definition) is 1. The van der Waals surface area contributed by atoms with Crippen LogP contribution in [0.2, 0.25) is 0 Å². The van der Waals surface area contributed by atoms with Gasteiger partial charge < -0.3 is 15.2 Å². The lowest BCUT2D eigenvalue weighted by atomic mass is 9.71. The minimum absolute atomic E-state index is 0.0151. The predicted octanol–water partition coefficient (Wildman–Crippen LogP) is 2.78. The molecule has 1 unspecified atom stereocenters. The smallest absolute Gasteiger partial charge is 0.358 e. The largest absolute Gasteiger partial charge is 0.464 e. The second kappa shape index (κ2) is 7.39. The van der Waals surface area contributed by atoms with Gasteiger partial charge in [0.2, 0.25) is 5.88 Å². The van der Waals surface area contributed by atoms with Crippen molar-refractivity contribution in [2.24, 2.45) is 17.1 Å². The van der Waals surface area contributed by atoms with Crippen molar-refractivity contribution in [1.82, 2.24) is 9.78 Å². The fraction of sp³-hybridized carbons (Fsp3) is 0.524. The molecule has 0 aromatic carbocycles.